The third kappa shape index (κ3) is 3.81. The van der Waals surface area contributed by atoms with Crippen LogP contribution < -0.4 is 10.1 Å². The van der Waals surface area contributed by atoms with Crippen LogP contribution in [0, 0.1) is 5.82 Å². The number of rotatable bonds is 5. The van der Waals surface area contributed by atoms with E-state index >= 15 is 0 Å². The molecule has 20 heavy (non-hydrogen) atoms. The predicted octanol–water partition coefficient (Wildman–Crippen LogP) is 2.62. The van der Waals surface area contributed by atoms with Crippen LogP contribution in [-0.2, 0) is 4.79 Å². The lowest BCUT2D eigenvalue weighted by molar-refractivity contribution is -0.118. The maximum atomic E-state index is 13.0. The Kier molecular flexibility index (Phi) is 4.34. The number of nitrogens with one attached hydrogen (secondary N) is 1. The van der Waals surface area contributed by atoms with Crippen molar-refractivity contribution in [3.05, 3.63) is 42.5 Å². The minimum Gasteiger partial charge on any atom is -0.480 e. The Morgan fingerprint density at radius 3 is 2.95 bits per heavy atom. The minimum atomic E-state index is -0.401. The lowest BCUT2D eigenvalue weighted by Crippen LogP contribution is -2.20. The average Bonchev–Trinajstić information content (AvgIpc) is 2.85. The van der Waals surface area contributed by atoms with Crippen molar-refractivity contribution >= 4 is 11.6 Å². The Bertz CT molecular complexity index is 596. The molecule has 0 spiro atoms. The fourth-order valence-corrected chi connectivity index (χ4v) is 1.59. The number of hydrogen-bond acceptors (Lipinski definition) is 3. The zero-order valence-corrected chi connectivity index (χ0v) is 11.3. The van der Waals surface area contributed by atoms with Gasteiger partial charge in [0.1, 0.15) is 5.82 Å². The van der Waals surface area contributed by atoms with Crippen molar-refractivity contribution in [3.8, 4) is 5.75 Å². The molecule has 1 amide bonds. The Labute approximate surface area is 116 Å². The Balaban J connectivity index is 1.85. The van der Waals surface area contributed by atoms with Crippen LogP contribution in [-0.4, -0.2) is 22.3 Å². The SMILES string of the molecule is CC(C)n1cc(OCC(=O)Nc2cccc(F)c2)cn1. The van der Waals surface area contributed by atoms with Crippen LogP contribution in [0.25, 0.3) is 0 Å². The normalized spacial score (nSPS) is 10.6. The number of benzene rings is 1. The molecule has 1 aromatic heterocycles. The molecule has 1 aromatic carbocycles. The van der Waals surface area contributed by atoms with E-state index in [1.165, 1.54) is 18.2 Å². The number of halogens is 1. The van der Waals surface area contributed by atoms with Gasteiger partial charge in [0, 0.05) is 11.7 Å². The fraction of sp³-hybridized carbons (Fsp3) is 0.286. The first-order valence-corrected chi connectivity index (χ1v) is 6.27. The molecule has 0 bridgehead atoms. The van der Waals surface area contributed by atoms with E-state index in [2.05, 4.69) is 10.4 Å². The van der Waals surface area contributed by atoms with Crippen molar-refractivity contribution in [1.29, 1.82) is 0 Å². The van der Waals surface area contributed by atoms with E-state index in [-0.39, 0.29) is 18.6 Å². The molecule has 0 fully saturated rings. The molecule has 106 valence electrons. The van der Waals surface area contributed by atoms with Gasteiger partial charge in [-0.05, 0) is 32.0 Å². The smallest absolute Gasteiger partial charge is 0.262 e. The molecule has 6 heteroatoms. The van der Waals surface area contributed by atoms with Crippen LogP contribution in [0.5, 0.6) is 5.75 Å². The van der Waals surface area contributed by atoms with E-state index in [1.54, 1.807) is 23.1 Å². The third-order valence-electron chi connectivity index (χ3n) is 2.59. The van der Waals surface area contributed by atoms with E-state index < -0.39 is 5.82 Å². The van der Waals surface area contributed by atoms with E-state index in [1.807, 2.05) is 13.8 Å². The van der Waals surface area contributed by atoms with E-state index in [9.17, 15) is 9.18 Å². The van der Waals surface area contributed by atoms with Crippen LogP contribution in [0.3, 0.4) is 0 Å². The van der Waals surface area contributed by atoms with Crippen molar-refractivity contribution < 1.29 is 13.9 Å². The monoisotopic (exact) mass is 277 g/mol. The summed E-state index contributed by atoms with van der Waals surface area (Å²) < 4.78 is 20.0. The maximum Gasteiger partial charge on any atom is 0.262 e. The molecule has 0 saturated heterocycles. The van der Waals surface area contributed by atoms with Crippen molar-refractivity contribution in [1.82, 2.24) is 9.78 Å². The molecule has 0 saturated carbocycles. The summed E-state index contributed by atoms with van der Waals surface area (Å²) in [6.45, 7) is 3.83. The van der Waals surface area contributed by atoms with Gasteiger partial charge >= 0.3 is 0 Å². The van der Waals surface area contributed by atoms with Crippen molar-refractivity contribution in [3.63, 3.8) is 0 Å². The molecule has 5 nitrogen and oxygen atoms in total. The summed E-state index contributed by atoms with van der Waals surface area (Å²) in [5.41, 5.74) is 0.400. The standard InChI is InChI=1S/C14H16FN3O2/c1-10(2)18-8-13(7-16-18)20-9-14(19)17-12-5-3-4-11(15)6-12/h3-8,10H,9H2,1-2H3,(H,17,19). The largest absolute Gasteiger partial charge is 0.480 e. The van der Waals surface area contributed by atoms with Gasteiger partial charge in [-0.15, -0.1) is 0 Å². The van der Waals surface area contributed by atoms with Crippen LogP contribution in [0.15, 0.2) is 36.7 Å². The van der Waals surface area contributed by atoms with Crippen LogP contribution in [0.2, 0.25) is 0 Å². The van der Waals surface area contributed by atoms with E-state index in [0.717, 1.165) is 0 Å². The highest BCUT2D eigenvalue weighted by Crippen LogP contribution is 2.13. The highest BCUT2D eigenvalue weighted by atomic mass is 19.1. The molecule has 0 aliphatic heterocycles. The number of aromatic nitrogens is 2. The second-order valence-electron chi connectivity index (χ2n) is 4.60. The summed E-state index contributed by atoms with van der Waals surface area (Å²) in [7, 11) is 0. The molecule has 0 aliphatic rings. The van der Waals surface area contributed by atoms with Gasteiger partial charge < -0.3 is 10.1 Å². The molecule has 0 radical (unpaired) electrons. The van der Waals surface area contributed by atoms with Gasteiger partial charge in [-0.2, -0.15) is 5.10 Å². The predicted molar refractivity (Wildman–Crippen MR) is 73.1 cm³/mol. The van der Waals surface area contributed by atoms with Gasteiger partial charge in [-0.3, -0.25) is 9.48 Å². The van der Waals surface area contributed by atoms with Crippen LogP contribution in [0.4, 0.5) is 10.1 Å². The molecule has 2 rings (SSSR count). The quantitative estimate of drug-likeness (QED) is 0.914. The highest BCUT2D eigenvalue weighted by molar-refractivity contribution is 5.91. The van der Waals surface area contributed by atoms with E-state index in [0.29, 0.717) is 11.4 Å². The van der Waals surface area contributed by atoms with Gasteiger partial charge in [-0.1, -0.05) is 6.07 Å². The fourth-order valence-electron chi connectivity index (χ4n) is 1.59. The van der Waals surface area contributed by atoms with Crippen LogP contribution in [0.1, 0.15) is 19.9 Å². The van der Waals surface area contributed by atoms with Crippen molar-refractivity contribution in [2.45, 2.75) is 19.9 Å². The highest BCUT2D eigenvalue weighted by Gasteiger charge is 2.07. The van der Waals surface area contributed by atoms with Gasteiger partial charge in [0.2, 0.25) is 0 Å². The van der Waals surface area contributed by atoms with Crippen molar-refractivity contribution in [2.24, 2.45) is 0 Å². The lowest BCUT2D eigenvalue weighted by Gasteiger charge is -2.06. The van der Waals surface area contributed by atoms with Gasteiger partial charge in [0.15, 0.2) is 12.4 Å². The second-order valence-corrected chi connectivity index (χ2v) is 4.60. The molecule has 0 unspecified atom stereocenters. The number of nitrogens with zero attached hydrogens (tertiary/aromatic N) is 2. The summed E-state index contributed by atoms with van der Waals surface area (Å²) in [4.78, 5) is 11.7. The van der Waals surface area contributed by atoms with Gasteiger partial charge in [0.25, 0.3) is 5.91 Å². The first-order chi connectivity index (χ1) is 9.54. The number of ether oxygens (including phenoxy) is 1. The molecule has 2 aromatic rings. The number of amides is 1. The lowest BCUT2D eigenvalue weighted by atomic mass is 10.3. The number of hydrogen-bond donors (Lipinski definition) is 1. The van der Waals surface area contributed by atoms with Crippen molar-refractivity contribution in [2.75, 3.05) is 11.9 Å². The molecule has 0 atom stereocenters. The Hall–Kier alpha value is -2.37. The van der Waals surface area contributed by atoms with Gasteiger partial charge in [0.05, 0.1) is 12.4 Å². The average molecular weight is 277 g/mol. The van der Waals surface area contributed by atoms with Gasteiger partial charge in [-0.25, -0.2) is 4.39 Å². The first kappa shape index (κ1) is 14.0. The maximum absolute atomic E-state index is 13.0. The summed E-state index contributed by atoms with van der Waals surface area (Å²) >= 11 is 0. The summed E-state index contributed by atoms with van der Waals surface area (Å²) in [5, 5.41) is 6.65. The number of anilines is 1. The number of carbonyl (C=O) groups is 1. The molecule has 1 heterocycles. The zero-order valence-electron chi connectivity index (χ0n) is 11.3. The molecular formula is C14H16FN3O2. The Morgan fingerprint density at radius 2 is 2.30 bits per heavy atom. The number of carbonyl (C=O) groups excluding carboxylic acids is 1. The summed E-state index contributed by atoms with van der Waals surface area (Å²) in [5.74, 6) is -0.233. The first-order valence-electron chi connectivity index (χ1n) is 6.27. The summed E-state index contributed by atoms with van der Waals surface area (Å²) in [6.07, 6.45) is 3.27. The Morgan fingerprint density at radius 1 is 1.50 bits per heavy atom. The van der Waals surface area contributed by atoms with E-state index in [4.69, 9.17) is 4.74 Å². The molecular weight excluding hydrogens is 261 g/mol. The second kappa shape index (κ2) is 6.18. The topological polar surface area (TPSA) is 56.1 Å². The third-order valence-corrected chi connectivity index (χ3v) is 2.59. The molecule has 0 aliphatic carbocycles. The zero-order chi connectivity index (χ0) is 14.5. The minimum absolute atomic E-state index is 0.152. The van der Waals surface area contributed by atoms with Crippen LogP contribution >= 0.6 is 0 Å². The summed E-state index contributed by atoms with van der Waals surface area (Å²) in [6, 6.07) is 5.92. The molecule has 1 N–H and O–H groups in total.